The molecule has 74 valence electrons. The molecule has 6 heteroatoms. The predicted octanol–water partition coefficient (Wildman–Crippen LogP) is 2.23. The molecule has 0 spiro atoms. The minimum absolute atomic E-state index is 0.517. The zero-order valence-corrected chi connectivity index (χ0v) is 9.51. The second-order valence-electron chi connectivity index (χ2n) is 2.37. The fourth-order valence-corrected chi connectivity index (χ4v) is 1.78. The zero-order valence-electron chi connectivity index (χ0n) is 6.99. The Morgan fingerprint density at radius 1 is 1.46 bits per heavy atom. The Bertz CT molecular complexity index is 283. The predicted molar refractivity (Wildman–Crippen MR) is 59.0 cm³/mol. The van der Waals surface area contributed by atoms with Crippen molar-refractivity contribution in [1.82, 2.24) is 4.98 Å². The minimum atomic E-state index is 0.517. The molecule has 0 amide bonds. The molecule has 1 heterocycles. The van der Waals surface area contributed by atoms with Crippen molar-refractivity contribution >= 4 is 36.5 Å². The van der Waals surface area contributed by atoms with Crippen molar-refractivity contribution in [3.63, 3.8) is 0 Å². The number of nitrogens with one attached hydrogen (secondary N) is 1. The van der Waals surface area contributed by atoms with Gasteiger partial charge in [0.1, 0.15) is 0 Å². The summed E-state index contributed by atoms with van der Waals surface area (Å²) in [7, 11) is 0. The number of aromatic nitrogens is 1. The first-order valence-electron chi connectivity index (χ1n) is 3.83. The second-order valence-corrected chi connectivity index (χ2v) is 4.17. The summed E-state index contributed by atoms with van der Waals surface area (Å²) in [5.74, 6) is 0. The molecule has 13 heavy (non-hydrogen) atoms. The van der Waals surface area contributed by atoms with Crippen LogP contribution in [-0.4, -0.2) is 24.8 Å². The van der Waals surface area contributed by atoms with E-state index in [2.05, 4.69) is 22.1 Å². The minimum Gasteiger partial charge on any atom is -0.379 e. The Labute approximate surface area is 91.7 Å². The quantitative estimate of drug-likeness (QED) is 0.344. The van der Waals surface area contributed by atoms with E-state index in [1.165, 1.54) is 11.3 Å². The summed E-state index contributed by atoms with van der Waals surface area (Å²) >= 11 is 10.1. The van der Waals surface area contributed by atoms with Crippen LogP contribution < -0.4 is 0 Å². The molecule has 1 rings (SSSR count). The highest BCUT2D eigenvalue weighted by Gasteiger charge is 1.94. The molecule has 0 saturated carbocycles. The van der Waals surface area contributed by atoms with Gasteiger partial charge in [-0.1, -0.05) is 0 Å². The molecule has 0 unspecified atom stereocenters. The van der Waals surface area contributed by atoms with Crippen molar-refractivity contribution in [2.24, 2.45) is 0 Å². The highest BCUT2D eigenvalue weighted by molar-refractivity contribution is 7.75. The SMILES string of the molecule is S=c1[nH]c(CCOCCOS)cs1. The first-order chi connectivity index (χ1) is 6.33. The van der Waals surface area contributed by atoms with Crippen LogP contribution in [0.1, 0.15) is 5.69 Å². The van der Waals surface area contributed by atoms with Crippen LogP contribution in [0.2, 0.25) is 0 Å². The number of ether oxygens (including phenoxy) is 1. The summed E-state index contributed by atoms with van der Waals surface area (Å²) in [6, 6.07) is 0. The molecule has 0 aromatic carbocycles. The fourth-order valence-electron chi connectivity index (χ4n) is 0.816. The molecule has 0 aliphatic heterocycles. The summed E-state index contributed by atoms with van der Waals surface area (Å²) < 4.78 is 10.6. The molecular weight excluding hydrogens is 226 g/mol. The van der Waals surface area contributed by atoms with Gasteiger partial charge in [-0.15, -0.1) is 11.3 Å². The van der Waals surface area contributed by atoms with E-state index in [-0.39, 0.29) is 0 Å². The Morgan fingerprint density at radius 3 is 2.92 bits per heavy atom. The molecule has 0 aliphatic carbocycles. The van der Waals surface area contributed by atoms with E-state index in [4.69, 9.17) is 17.0 Å². The van der Waals surface area contributed by atoms with Crippen molar-refractivity contribution in [2.75, 3.05) is 19.8 Å². The van der Waals surface area contributed by atoms with Gasteiger partial charge in [0, 0.05) is 17.5 Å². The number of rotatable bonds is 6. The Kier molecular flexibility index (Phi) is 5.65. The average molecular weight is 237 g/mol. The lowest BCUT2D eigenvalue weighted by Crippen LogP contribution is -2.03. The number of hydrogen-bond acceptors (Lipinski definition) is 5. The van der Waals surface area contributed by atoms with Gasteiger partial charge in [-0.25, -0.2) is 0 Å². The van der Waals surface area contributed by atoms with Crippen molar-refractivity contribution in [3.05, 3.63) is 15.0 Å². The van der Waals surface area contributed by atoms with Crippen LogP contribution in [0.15, 0.2) is 5.38 Å². The summed E-state index contributed by atoms with van der Waals surface area (Å²) in [4.78, 5) is 3.07. The standard InChI is InChI=1S/C7H11NO2S3/c11-7-8-6(5-13-7)1-2-9-3-4-10-12/h5,12H,1-4H2,(H,8,11). The fraction of sp³-hybridized carbons (Fsp3) is 0.571. The van der Waals surface area contributed by atoms with Gasteiger partial charge in [-0.2, -0.15) is 0 Å². The van der Waals surface area contributed by atoms with Crippen LogP contribution in [0, 0.1) is 3.95 Å². The molecule has 0 atom stereocenters. The van der Waals surface area contributed by atoms with E-state index in [0.29, 0.717) is 19.8 Å². The highest BCUT2D eigenvalue weighted by atomic mass is 32.1. The Balaban J connectivity index is 2.09. The molecular formula is C7H11NO2S3. The van der Waals surface area contributed by atoms with Gasteiger partial charge in [0.05, 0.1) is 19.8 Å². The van der Waals surface area contributed by atoms with Crippen LogP contribution in [0.4, 0.5) is 0 Å². The molecule has 0 fully saturated rings. The van der Waals surface area contributed by atoms with Crippen LogP contribution in [-0.2, 0) is 15.3 Å². The number of hydrogen-bond donors (Lipinski definition) is 2. The monoisotopic (exact) mass is 237 g/mol. The maximum absolute atomic E-state index is 5.26. The Hall–Kier alpha value is 0.120. The van der Waals surface area contributed by atoms with Crippen LogP contribution >= 0.6 is 36.5 Å². The van der Waals surface area contributed by atoms with E-state index in [0.717, 1.165) is 16.1 Å². The Morgan fingerprint density at radius 2 is 2.31 bits per heavy atom. The molecule has 0 saturated heterocycles. The maximum Gasteiger partial charge on any atom is 0.158 e. The van der Waals surface area contributed by atoms with Gasteiger partial charge >= 0.3 is 0 Å². The van der Waals surface area contributed by atoms with Crippen LogP contribution in [0.5, 0.6) is 0 Å². The third-order valence-corrected chi connectivity index (χ3v) is 2.70. The van der Waals surface area contributed by atoms with Gasteiger partial charge in [-0.05, 0) is 25.1 Å². The largest absolute Gasteiger partial charge is 0.379 e. The number of thiazole rings is 1. The molecule has 1 aromatic heterocycles. The summed E-state index contributed by atoms with van der Waals surface area (Å²) in [6.45, 7) is 1.77. The van der Waals surface area contributed by atoms with Crippen molar-refractivity contribution in [1.29, 1.82) is 0 Å². The van der Waals surface area contributed by atoms with Crippen molar-refractivity contribution in [3.8, 4) is 0 Å². The smallest absolute Gasteiger partial charge is 0.158 e. The number of H-pyrrole nitrogens is 1. The third kappa shape index (κ3) is 4.78. The van der Waals surface area contributed by atoms with Gasteiger partial charge in [0.15, 0.2) is 3.95 Å². The van der Waals surface area contributed by atoms with E-state index in [9.17, 15) is 0 Å². The lowest BCUT2D eigenvalue weighted by atomic mass is 10.4. The summed E-state index contributed by atoms with van der Waals surface area (Å²) in [5.41, 5.74) is 1.13. The molecule has 3 nitrogen and oxygen atoms in total. The number of thiol groups is 1. The van der Waals surface area contributed by atoms with E-state index < -0.39 is 0 Å². The average Bonchev–Trinajstić information content (AvgIpc) is 2.51. The van der Waals surface area contributed by atoms with Crippen molar-refractivity contribution < 1.29 is 8.92 Å². The lowest BCUT2D eigenvalue weighted by molar-refractivity contribution is 0.110. The van der Waals surface area contributed by atoms with Gasteiger partial charge in [-0.3, -0.25) is 0 Å². The van der Waals surface area contributed by atoms with Gasteiger partial charge < -0.3 is 13.9 Å². The van der Waals surface area contributed by atoms with E-state index in [1.54, 1.807) is 0 Å². The van der Waals surface area contributed by atoms with E-state index >= 15 is 0 Å². The summed E-state index contributed by atoms with van der Waals surface area (Å²) in [5, 5.41) is 2.01. The lowest BCUT2D eigenvalue weighted by Gasteiger charge is -2.00. The molecule has 0 bridgehead atoms. The topological polar surface area (TPSA) is 34.2 Å². The van der Waals surface area contributed by atoms with Gasteiger partial charge in [0.25, 0.3) is 0 Å². The maximum atomic E-state index is 5.26. The molecule has 1 aromatic rings. The van der Waals surface area contributed by atoms with Crippen LogP contribution in [0.25, 0.3) is 0 Å². The zero-order chi connectivity index (χ0) is 9.52. The molecule has 1 N–H and O–H groups in total. The first-order valence-corrected chi connectivity index (χ1v) is 5.49. The first kappa shape index (κ1) is 11.2. The number of aromatic amines is 1. The van der Waals surface area contributed by atoms with Crippen LogP contribution in [0.3, 0.4) is 0 Å². The molecule has 0 radical (unpaired) electrons. The third-order valence-electron chi connectivity index (χ3n) is 1.41. The van der Waals surface area contributed by atoms with Gasteiger partial charge in [0.2, 0.25) is 0 Å². The molecule has 0 aliphatic rings. The normalized spacial score (nSPS) is 10.5. The second kappa shape index (κ2) is 6.56. The van der Waals surface area contributed by atoms with Crippen molar-refractivity contribution in [2.45, 2.75) is 6.42 Å². The highest BCUT2D eigenvalue weighted by Crippen LogP contribution is 2.04. The summed E-state index contributed by atoms with van der Waals surface area (Å²) in [6.07, 6.45) is 0.861. The van der Waals surface area contributed by atoms with E-state index in [1.807, 2.05) is 5.38 Å².